The number of rotatable bonds is 3. The van der Waals surface area contributed by atoms with Crippen molar-refractivity contribution in [3.05, 3.63) is 29.3 Å². The van der Waals surface area contributed by atoms with E-state index in [0.29, 0.717) is 11.7 Å². The lowest BCUT2D eigenvalue weighted by molar-refractivity contribution is 0.0733. The Morgan fingerprint density at radius 3 is 2.53 bits per heavy atom. The number of aliphatic hydroxyl groups excluding tert-OH is 1. The van der Waals surface area contributed by atoms with E-state index in [4.69, 9.17) is 4.74 Å². The van der Waals surface area contributed by atoms with Crippen LogP contribution in [0.15, 0.2) is 18.2 Å². The van der Waals surface area contributed by atoms with Crippen molar-refractivity contribution < 1.29 is 18.3 Å². The molecule has 4 nitrogen and oxygen atoms in total. The van der Waals surface area contributed by atoms with Crippen LogP contribution in [0.2, 0.25) is 0 Å². The Balaban J connectivity index is 2.22. The Morgan fingerprint density at radius 1 is 1.32 bits per heavy atom. The molecular formula is C14H20O4S. The molecule has 1 aliphatic rings. The molecule has 0 saturated carbocycles. The quantitative estimate of drug-likeness (QED) is 0.917. The highest BCUT2D eigenvalue weighted by Gasteiger charge is 2.38. The first-order valence-corrected chi connectivity index (χ1v) is 8.26. The predicted molar refractivity (Wildman–Crippen MR) is 74.3 cm³/mol. The standard InChI is InChI=1S/C14H20O4S/c1-9(2)11-5-4-10(3)13(6-11)18-14-8-19(16,17)7-12(14)15/h4-6,9,12,14-15H,7-8H2,1-3H3. The molecule has 19 heavy (non-hydrogen) atoms. The molecule has 1 heterocycles. The molecule has 5 heteroatoms. The molecule has 1 saturated heterocycles. The van der Waals surface area contributed by atoms with E-state index in [0.717, 1.165) is 11.1 Å². The molecule has 2 rings (SSSR count). The normalized spacial score (nSPS) is 25.7. The molecule has 2 unspecified atom stereocenters. The van der Waals surface area contributed by atoms with Crippen LogP contribution < -0.4 is 4.74 Å². The molecule has 0 aromatic heterocycles. The number of benzene rings is 1. The molecule has 2 atom stereocenters. The molecule has 0 radical (unpaired) electrons. The SMILES string of the molecule is Cc1ccc(C(C)C)cc1OC1CS(=O)(=O)CC1O. The molecule has 0 aliphatic carbocycles. The number of hydrogen-bond acceptors (Lipinski definition) is 4. The van der Waals surface area contributed by atoms with Crippen LogP contribution in [-0.2, 0) is 9.84 Å². The highest BCUT2D eigenvalue weighted by atomic mass is 32.2. The third kappa shape index (κ3) is 3.28. The van der Waals surface area contributed by atoms with Crippen LogP contribution in [0.25, 0.3) is 0 Å². The van der Waals surface area contributed by atoms with Crippen LogP contribution in [0.4, 0.5) is 0 Å². The summed E-state index contributed by atoms with van der Waals surface area (Å²) in [5.41, 5.74) is 2.08. The van der Waals surface area contributed by atoms with Crippen LogP contribution in [0.5, 0.6) is 5.75 Å². The van der Waals surface area contributed by atoms with Gasteiger partial charge in [0.25, 0.3) is 0 Å². The Labute approximate surface area is 114 Å². The maximum atomic E-state index is 11.5. The van der Waals surface area contributed by atoms with Crippen molar-refractivity contribution in [2.75, 3.05) is 11.5 Å². The Bertz CT molecular complexity index is 563. The van der Waals surface area contributed by atoms with Gasteiger partial charge in [-0.15, -0.1) is 0 Å². The van der Waals surface area contributed by atoms with E-state index in [1.807, 2.05) is 25.1 Å². The largest absolute Gasteiger partial charge is 0.486 e. The molecule has 1 fully saturated rings. The number of sulfone groups is 1. The van der Waals surface area contributed by atoms with Crippen LogP contribution in [0, 0.1) is 6.92 Å². The highest BCUT2D eigenvalue weighted by molar-refractivity contribution is 7.91. The summed E-state index contributed by atoms with van der Waals surface area (Å²) in [5, 5.41) is 9.75. The van der Waals surface area contributed by atoms with Crippen molar-refractivity contribution in [3.8, 4) is 5.75 Å². The zero-order valence-corrected chi connectivity index (χ0v) is 12.3. The summed E-state index contributed by atoms with van der Waals surface area (Å²) in [4.78, 5) is 0. The van der Waals surface area contributed by atoms with Gasteiger partial charge in [0.1, 0.15) is 18.0 Å². The summed E-state index contributed by atoms with van der Waals surface area (Å²) < 4.78 is 28.6. The summed E-state index contributed by atoms with van der Waals surface area (Å²) in [6.07, 6.45) is -1.60. The maximum Gasteiger partial charge on any atom is 0.156 e. The van der Waals surface area contributed by atoms with Gasteiger partial charge in [0.2, 0.25) is 0 Å². The first kappa shape index (κ1) is 14.3. The lowest BCUT2D eigenvalue weighted by Crippen LogP contribution is -2.30. The van der Waals surface area contributed by atoms with Gasteiger partial charge < -0.3 is 9.84 Å². The fourth-order valence-electron chi connectivity index (χ4n) is 2.18. The van der Waals surface area contributed by atoms with Gasteiger partial charge in [-0.05, 0) is 30.0 Å². The predicted octanol–water partition coefficient (Wildman–Crippen LogP) is 1.66. The summed E-state index contributed by atoms with van der Waals surface area (Å²) in [6.45, 7) is 6.09. The van der Waals surface area contributed by atoms with Crippen molar-refractivity contribution in [3.63, 3.8) is 0 Å². The van der Waals surface area contributed by atoms with E-state index in [9.17, 15) is 13.5 Å². The minimum absolute atomic E-state index is 0.112. The van der Waals surface area contributed by atoms with Crippen molar-refractivity contribution in [2.45, 2.75) is 38.9 Å². The first-order valence-electron chi connectivity index (χ1n) is 6.44. The molecule has 1 aromatic rings. The molecule has 1 N–H and O–H groups in total. The molecule has 1 aliphatic heterocycles. The van der Waals surface area contributed by atoms with Gasteiger partial charge in [-0.3, -0.25) is 0 Å². The van der Waals surface area contributed by atoms with Gasteiger partial charge in [0.15, 0.2) is 9.84 Å². The van der Waals surface area contributed by atoms with Crippen molar-refractivity contribution in [1.82, 2.24) is 0 Å². The minimum atomic E-state index is -3.18. The van der Waals surface area contributed by atoms with E-state index < -0.39 is 22.0 Å². The second-order valence-electron chi connectivity index (χ2n) is 5.48. The van der Waals surface area contributed by atoms with Gasteiger partial charge in [-0.25, -0.2) is 8.42 Å². The van der Waals surface area contributed by atoms with E-state index in [1.165, 1.54) is 0 Å². The molecule has 106 valence electrons. The second-order valence-corrected chi connectivity index (χ2v) is 7.63. The smallest absolute Gasteiger partial charge is 0.156 e. The Kier molecular flexibility index (Phi) is 3.87. The molecule has 0 amide bonds. The van der Waals surface area contributed by atoms with Crippen LogP contribution in [0.1, 0.15) is 30.9 Å². The molecule has 0 bridgehead atoms. The summed E-state index contributed by atoms with van der Waals surface area (Å²) in [5.74, 6) is 0.715. The zero-order chi connectivity index (χ0) is 14.2. The summed E-state index contributed by atoms with van der Waals surface area (Å²) in [7, 11) is -3.18. The Hall–Kier alpha value is -1.07. The topological polar surface area (TPSA) is 63.6 Å². The highest BCUT2D eigenvalue weighted by Crippen LogP contribution is 2.27. The first-order chi connectivity index (χ1) is 8.78. The lowest BCUT2D eigenvalue weighted by Gasteiger charge is -2.18. The fraction of sp³-hybridized carbons (Fsp3) is 0.571. The van der Waals surface area contributed by atoms with Gasteiger partial charge in [-0.2, -0.15) is 0 Å². The van der Waals surface area contributed by atoms with Crippen molar-refractivity contribution in [1.29, 1.82) is 0 Å². The fourth-order valence-corrected chi connectivity index (χ4v) is 3.84. The third-order valence-corrected chi connectivity index (χ3v) is 5.12. The lowest BCUT2D eigenvalue weighted by atomic mass is 10.0. The van der Waals surface area contributed by atoms with Crippen LogP contribution >= 0.6 is 0 Å². The van der Waals surface area contributed by atoms with Crippen molar-refractivity contribution >= 4 is 9.84 Å². The number of aliphatic hydroxyl groups is 1. The molecular weight excluding hydrogens is 264 g/mol. The van der Waals surface area contributed by atoms with E-state index in [-0.39, 0.29) is 11.5 Å². The van der Waals surface area contributed by atoms with E-state index >= 15 is 0 Å². The number of aryl methyl sites for hydroxylation is 1. The van der Waals surface area contributed by atoms with Gasteiger partial charge in [0.05, 0.1) is 11.5 Å². The van der Waals surface area contributed by atoms with Gasteiger partial charge >= 0.3 is 0 Å². The van der Waals surface area contributed by atoms with E-state index in [2.05, 4.69) is 13.8 Å². The molecule has 0 spiro atoms. The third-order valence-electron chi connectivity index (χ3n) is 3.43. The minimum Gasteiger partial charge on any atom is -0.486 e. The summed E-state index contributed by atoms with van der Waals surface area (Å²) >= 11 is 0. The second kappa shape index (κ2) is 5.13. The van der Waals surface area contributed by atoms with E-state index in [1.54, 1.807) is 0 Å². The monoisotopic (exact) mass is 284 g/mol. The Morgan fingerprint density at radius 2 is 2.00 bits per heavy atom. The van der Waals surface area contributed by atoms with Crippen molar-refractivity contribution in [2.24, 2.45) is 0 Å². The number of ether oxygens (including phenoxy) is 1. The van der Waals surface area contributed by atoms with Crippen LogP contribution in [0.3, 0.4) is 0 Å². The molecule has 1 aromatic carbocycles. The summed E-state index contributed by atoms with van der Waals surface area (Å²) in [6, 6.07) is 5.92. The van der Waals surface area contributed by atoms with Gasteiger partial charge in [0, 0.05) is 0 Å². The average Bonchev–Trinajstić information content (AvgIpc) is 2.54. The van der Waals surface area contributed by atoms with Gasteiger partial charge in [-0.1, -0.05) is 26.0 Å². The zero-order valence-electron chi connectivity index (χ0n) is 11.5. The number of hydrogen-bond donors (Lipinski definition) is 1. The maximum absolute atomic E-state index is 11.5. The van der Waals surface area contributed by atoms with Crippen LogP contribution in [-0.4, -0.2) is 37.2 Å². The average molecular weight is 284 g/mol.